The second-order valence-electron chi connectivity index (χ2n) is 4.80. The Morgan fingerprint density at radius 1 is 1.35 bits per heavy atom. The summed E-state index contributed by atoms with van der Waals surface area (Å²) in [6, 6.07) is 3.60. The van der Waals surface area contributed by atoms with Gasteiger partial charge >= 0.3 is 0 Å². The number of thioether (sulfide) groups is 1. The molecule has 2 N–H and O–H groups in total. The molecule has 0 aliphatic carbocycles. The lowest BCUT2D eigenvalue weighted by Crippen LogP contribution is -2.33. The smallest absolute Gasteiger partial charge is 0.244 e. The molecule has 4 nitrogen and oxygen atoms in total. The number of rotatable bonds is 3. The van der Waals surface area contributed by atoms with Crippen LogP contribution in [0.25, 0.3) is 0 Å². The molecule has 1 heterocycles. The minimum atomic E-state index is -3.45. The molecule has 0 aromatic heterocycles. The zero-order chi connectivity index (χ0) is 14.8. The number of nitrogens with two attached hydrogens (primary N) is 1. The molecule has 0 radical (unpaired) electrons. The van der Waals surface area contributed by atoms with E-state index in [4.69, 9.17) is 5.73 Å². The van der Waals surface area contributed by atoms with Gasteiger partial charge in [-0.15, -0.1) is 0 Å². The molecule has 0 bridgehead atoms. The molecule has 7 heteroatoms. The normalized spacial score (nSPS) is 17.9. The van der Waals surface area contributed by atoms with Gasteiger partial charge in [-0.05, 0) is 52.2 Å². The van der Waals surface area contributed by atoms with E-state index in [9.17, 15) is 8.42 Å². The number of aryl methyl sites for hydroxylation is 1. The molecule has 1 aliphatic heterocycles. The maximum atomic E-state index is 12.8. The lowest BCUT2D eigenvalue weighted by atomic mass is 10.1. The van der Waals surface area contributed by atoms with Crippen LogP contribution in [0.3, 0.4) is 0 Å². The molecular weight excluding hydrogens is 360 g/mol. The van der Waals surface area contributed by atoms with Gasteiger partial charge in [-0.3, -0.25) is 0 Å². The molecule has 1 aliphatic rings. The first-order chi connectivity index (χ1) is 9.46. The van der Waals surface area contributed by atoms with E-state index in [1.165, 1.54) is 0 Å². The van der Waals surface area contributed by atoms with Crippen LogP contribution in [0.1, 0.15) is 17.5 Å². The second kappa shape index (κ2) is 6.79. The van der Waals surface area contributed by atoms with E-state index in [2.05, 4.69) is 15.9 Å². The van der Waals surface area contributed by atoms with Crippen LogP contribution in [0.4, 0.5) is 0 Å². The van der Waals surface area contributed by atoms with Gasteiger partial charge in [0.1, 0.15) is 0 Å². The fraction of sp³-hybridized carbons (Fsp3) is 0.538. The fourth-order valence-corrected chi connectivity index (χ4v) is 5.73. The first-order valence-corrected chi connectivity index (χ1v) is 9.92. The van der Waals surface area contributed by atoms with Crippen molar-refractivity contribution in [2.45, 2.75) is 24.8 Å². The molecule has 0 unspecified atom stereocenters. The van der Waals surface area contributed by atoms with Crippen molar-refractivity contribution in [1.82, 2.24) is 4.31 Å². The standard InChI is InChI=1S/C13H19BrN2O2S2/c1-10-7-11(9-15)8-12(13(10)14)20(17,18)16-3-2-5-19-6-4-16/h7-8H,2-6,9,15H2,1H3. The van der Waals surface area contributed by atoms with Crippen molar-refractivity contribution < 1.29 is 8.42 Å². The predicted molar refractivity (Wildman–Crippen MR) is 87.5 cm³/mol. The molecule has 0 amide bonds. The third kappa shape index (κ3) is 3.39. The van der Waals surface area contributed by atoms with E-state index in [0.717, 1.165) is 29.1 Å². The van der Waals surface area contributed by atoms with Crippen LogP contribution in [0.2, 0.25) is 0 Å². The summed E-state index contributed by atoms with van der Waals surface area (Å²) in [6.07, 6.45) is 0.900. The highest BCUT2D eigenvalue weighted by Gasteiger charge is 2.28. The summed E-state index contributed by atoms with van der Waals surface area (Å²) in [4.78, 5) is 0.338. The summed E-state index contributed by atoms with van der Waals surface area (Å²) < 4.78 is 27.9. The van der Waals surface area contributed by atoms with Crippen LogP contribution in [0.15, 0.2) is 21.5 Å². The summed E-state index contributed by atoms with van der Waals surface area (Å²) in [6.45, 7) is 3.39. The van der Waals surface area contributed by atoms with Crippen molar-refractivity contribution in [3.63, 3.8) is 0 Å². The Bertz CT molecular complexity index is 582. The molecule has 1 saturated heterocycles. The van der Waals surface area contributed by atoms with E-state index >= 15 is 0 Å². The van der Waals surface area contributed by atoms with Crippen LogP contribution in [0.5, 0.6) is 0 Å². The molecule has 2 rings (SSSR count). The Labute approximate surface area is 133 Å². The van der Waals surface area contributed by atoms with E-state index in [0.29, 0.717) is 29.0 Å². The summed E-state index contributed by atoms with van der Waals surface area (Å²) in [5, 5.41) is 0. The monoisotopic (exact) mass is 378 g/mol. The van der Waals surface area contributed by atoms with Crippen molar-refractivity contribution in [2.24, 2.45) is 5.73 Å². The van der Waals surface area contributed by atoms with Crippen LogP contribution in [0, 0.1) is 6.92 Å². The molecule has 112 valence electrons. The average molecular weight is 379 g/mol. The van der Waals surface area contributed by atoms with Gasteiger partial charge in [0, 0.05) is 29.9 Å². The van der Waals surface area contributed by atoms with Crippen LogP contribution in [-0.4, -0.2) is 37.3 Å². The summed E-state index contributed by atoms with van der Waals surface area (Å²) >= 11 is 5.22. The zero-order valence-electron chi connectivity index (χ0n) is 11.4. The SMILES string of the molecule is Cc1cc(CN)cc(S(=O)(=O)N2CCCSCC2)c1Br. The van der Waals surface area contributed by atoms with Crippen molar-refractivity contribution in [1.29, 1.82) is 0 Å². The van der Waals surface area contributed by atoms with Gasteiger partial charge < -0.3 is 5.73 Å². The van der Waals surface area contributed by atoms with Gasteiger partial charge in [0.05, 0.1) is 4.90 Å². The molecule has 0 saturated carbocycles. The van der Waals surface area contributed by atoms with Gasteiger partial charge in [0.2, 0.25) is 10.0 Å². The third-order valence-electron chi connectivity index (χ3n) is 3.32. The number of halogens is 1. The Hall–Kier alpha value is -0.0800. The van der Waals surface area contributed by atoms with Crippen LogP contribution < -0.4 is 5.73 Å². The van der Waals surface area contributed by atoms with Gasteiger partial charge in [-0.25, -0.2) is 8.42 Å². The topological polar surface area (TPSA) is 63.4 Å². The minimum absolute atomic E-state index is 0.338. The van der Waals surface area contributed by atoms with Crippen LogP contribution >= 0.6 is 27.7 Å². The number of hydrogen-bond acceptors (Lipinski definition) is 4. The molecule has 20 heavy (non-hydrogen) atoms. The highest BCUT2D eigenvalue weighted by molar-refractivity contribution is 9.10. The van der Waals surface area contributed by atoms with Crippen molar-refractivity contribution >= 4 is 37.7 Å². The number of benzene rings is 1. The molecule has 0 spiro atoms. The Kier molecular flexibility index (Phi) is 5.53. The lowest BCUT2D eigenvalue weighted by Gasteiger charge is -2.21. The minimum Gasteiger partial charge on any atom is -0.326 e. The van der Waals surface area contributed by atoms with E-state index < -0.39 is 10.0 Å². The molecule has 1 fully saturated rings. The van der Waals surface area contributed by atoms with Crippen LogP contribution in [-0.2, 0) is 16.6 Å². The van der Waals surface area contributed by atoms with Gasteiger partial charge in [-0.1, -0.05) is 6.07 Å². The molecule has 1 aromatic rings. The highest BCUT2D eigenvalue weighted by Crippen LogP contribution is 2.30. The third-order valence-corrected chi connectivity index (χ3v) is 7.60. The van der Waals surface area contributed by atoms with E-state index in [-0.39, 0.29) is 0 Å². The maximum absolute atomic E-state index is 12.8. The Morgan fingerprint density at radius 3 is 2.80 bits per heavy atom. The average Bonchev–Trinajstić information content (AvgIpc) is 2.70. The second-order valence-corrected chi connectivity index (χ2v) is 8.72. The number of hydrogen-bond donors (Lipinski definition) is 1. The van der Waals surface area contributed by atoms with Crippen molar-refractivity contribution in [3.05, 3.63) is 27.7 Å². The molecule has 0 atom stereocenters. The first-order valence-electron chi connectivity index (χ1n) is 6.54. The van der Waals surface area contributed by atoms with E-state index in [1.807, 2.05) is 24.8 Å². The number of nitrogens with zero attached hydrogens (tertiary/aromatic N) is 1. The van der Waals surface area contributed by atoms with E-state index in [1.54, 1.807) is 10.4 Å². The quantitative estimate of drug-likeness (QED) is 0.876. The predicted octanol–water partition coefficient (Wildman–Crippen LogP) is 2.34. The fourth-order valence-electron chi connectivity index (χ4n) is 2.22. The van der Waals surface area contributed by atoms with Gasteiger partial charge in [0.25, 0.3) is 0 Å². The Morgan fingerprint density at radius 2 is 2.10 bits per heavy atom. The molecule has 1 aromatic carbocycles. The summed E-state index contributed by atoms with van der Waals surface area (Å²) in [5.41, 5.74) is 7.40. The van der Waals surface area contributed by atoms with Gasteiger partial charge in [0.15, 0.2) is 0 Å². The highest BCUT2D eigenvalue weighted by atomic mass is 79.9. The lowest BCUT2D eigenvalue weighted by molar-refractivity contribution is 0.434. The zero-order valence-corrected chi connectivity index (χ0v) is 14.7. The number of sulfonamides is 1. The first kappa shape index (κ1) is 16.3. The summed E-state index contributed by atoms with van der Waals surface area (Å²) in [5.74, 6) is 1.88. The Balaban J connectivity index is 2.45. The van der Waals surface area contributed by atoms with Crippen molar-refractivity contribution in [3.8, 4) is 0 Å². The summed E-state index contributed by atoms with van der Waals surface area (Å²) in [7, 11) is -3.45. The van der Waals surface area contributed by atoms with Gasteiger partial charge in [-0.2, -0.15) is 16.1 Å². The maximum Gasteiger partial charge on any atom is 0.244 e. The largest absolute Gasteiger partial charge is 0.326 e. The molecular formula is C13H19BrN2O2S2. The van der Waals surface area contributed by atoms with Crippen molar-refractivity contribution in [2.75, 3.05) is 24.6 Å².